The molecule has 2 rings (SSSR count). The quantitative estimate of drug-likeness (QED) is 0.677. The maximum absolute atomic E-state index is 12.5. The van der Waals surface area contributed by atoms with E-state index < -0.39 is 0 Å². The van der Waals surface area contributed by atoms with Crippen LogP contribution in [0.4, 0.5) is 5.69 Å². The third-order valence-corrected chi connectivity index (χ3v) is 3.52. The first-order chi connectivity index (χ1) is 12.6. The van der Waals surface area contributed by atoms with E-state index in [4.69, 9.17) is 9.47 Å². The van der Waals surface area contributed by atoms with Crippen molar-refractivity contribution in [2.24, 2.45) is 0 Å². The van der Waals surface area contributed by atoms with Gasteiger partial charge in [0.25, 0.3) is 11.8 Å². The molecule has 0 saturated carbocycles. The van der Waals surface area contributed by atoms with Crippen molar-refractivity contribution >= 4 is 17.5 Å². The topological polar surface area (TPSA) is 76.7 Å². The summed E-state index contributed by atoms with van der Waals surface area (Å²) in [5.41, 5.74) is 1.53. The van der Waals surface area contributed by atoms with Gasteiger partial charge in [0.15, 0.2) is 0 Å². The van der Waals surface area contributed by atoms with Crippen LogP contribution >= 0.6 is 0 Å². The predicted molar refractivity (Wildman–Crippen MR) is 101 cm³/mol. The Morgan fingerprint density at radius 3 is 2.38 bits per heavy atom. The second kappa shape index (κ2) is 10.2. The molecule has 26 heavy (non-hydrogen) atoms. The Morgan fingerprint density at radius 1 is 0.923 bits per heavy atom. The molecule has 2 amide bonds. The number of anilines is 1. The van der Waals surface area contributed by atoms with Crippen LogP contribution in [-0.2, 0) is 4.74 Å². The van der Waals surface area contributed by atoms with E-state index in [0.29, 0.717) is 48.9 Å². The Kier molecular flexibility index (Phi) is 7.64. The summed E-state index contributed by atoms with van der Waals surface area (Å²) in [6.07, 6.45) is 0. The van der Waals surface area contributed by atoms with Gasteiger partial charge in [0.2, 0.25) is 0 Å². The zero-order valence-electron chi connectivity index (χ0n) is 15.1. The van der Waals surface area contributed by atoms with Crippen LogP contribution in [0.25, 0.3) is 0 Å². The third-order valence-electron chi connectivity index (χ3n) is 3.52. The van der Waals surface area contributed by atoms with Gasteiger partial charge < -0.3 is 20.1 Å². The summed E-state index contributed by atoms with van der Waals surface area (Å²) in [5.74, 6) is 0.162. The minimum absolute atomic E-state index is 0.173. The van der Waals surface area contributed by atoms with Gasteiger partial charge in [-0.25, -0.2) is 0 Å². The average Bonchev–Trinajstić information content (AvgIpc) is 2.66. The molecule has 0 aliphatic carbocycles. The second-order valence-corrected chi connectivity index (χ2v) is 5.47. The highest BCUT2D eigenvalue weighted by molar-refractivity contribution is 6.05. The summed E-state index contributed by atoms with van der Waals surface area (Å²) in [5, 5.41) is 5.53. The van der Waals surface area contributed by atoms with Gasteiger partial charge in [-0.3, -0.25) is 9.59 Å². The highest BCUT2D eigenvalue weighted by atomic mass is 16.5. The smallest absolute Gasteiger partial charge is 0.255 e. The molecule has 0 aromatic heterocycles. The number of amides is 2. The van der Waals surface area contributed by atoms with Crippen LogP contribution in [-0.4, -0.2) is 38.2 Å². The third kappa shape index (κ3) is 5.89. The number of nitrogens with one attached hydrogen (secondary N) is 2. The number of benzene rings is 2. The van der Waals surface area contributed by atoms with Gasteiger partial charge in [0.05, 0.1) is 6.61 Å². The fourth-order valence-electron chi connectivity index (χ4n) is 2.29. The Balaban J connectivity index is 2.01. The van der Waals surface area contributed by atoms with E-state index in [2.05, 4.69) is 10.6 Å². The number of hydrogen-bond donors (Lipinski definition) is 2. The molecule has 6 heteroatoms. The molecule has 2 N–H and O–H groups in total. The summed E-state index contributed by atoms with van der Waals surface area (Å²) in [7, 11) is 0. The maximum Gasteiger partial charge on any atom is 0.255 e. The minimum atomic E-state index is -0.270. The molecule has 0 aliphatic rings. The van der Waals surface area contributed by atoms with Crippen molar-refractivity contribution in [2.45, 2.75) is 13.8 Å². The van der Waals surface area contributed by atoms with Gasteiger partial charge in [-0.1, -0.05) is 12.1 Å². The molecule has 0 aliphatic heterocycles. The lowest BCUT2D eigenvalue weighted by Crippen LogP contribution is -2.22. The van der Waals surface area contributed by atoms with Crippen molar-refractivity contribution in [2.75, 3.05) is 31.7 Å². The summed E-state index contributed by atoms with van der Waals surface area (Å²) >= 11 is 0. The first kappa shape index (κ1) is 19.5. The Hall–Kier alpha value is -2.86. The molecule has 0 atom stereocenters. The molecule has 0 saturated heterocycles. The van der Waals surface area contributed by atoms with Crippen LogP contribution in [0.5, 0.6) is 5.75 Å². The van der Waals surface area contributed by atoms with E-state index in [9.17, 15) is 9.59 Å². The molecule has 0 heterocycles. The zero-order chi connectivity index (χ0) is 18.8. The summed E-state index contributed by atoms with van der Waals surface area (Å²) in [4.78, 5) is 24.4. The van der Waals surface area contributed by atoms with Crippen molar-refractivity contribution in [1.29, 1.82) is 0 Å². The highest BCUT2D eigenvalue weighted by Gasteiger charge is 2.10. The van der Waals surface area contributed by atoms with E-state index in [1.54, 1.807) is 48.5 Å². The molecule has 2 aromatic rings. The van der Waals surface area contributed by atoms with Gasteiger partial charge in [-0.15, -0.1) is 0 Å². The Labute approximate surface area is 153 Å². The molecule has 6 nitrogen and oxygen atoms in total. The highest BCUT2D eigenvalue weighted by Crippen LogP contribution is 2.16. The van der Waals surface area contributed by atoms with Crippen molar-refractivity contribution in [3.05, 3.63) is 59.7 Å². The summed E-state index contributed by atoms with van der Waals surface area (Å²) in [6.45, 7) is 5.89. The second-order valence-electron chi connectivity index (χ2n) is 5.47. The van der Waals surface area contributed by atoms with Crippen molar-refractivity contribution in [3.63, 3.8) is 0 Å². The number of carbonyl (C=O) groups excluding carboxylic acids is 2. The molecular weight excluding hydrogens is 332 g/mol. The monoisotopic (exact) mass is 356 g/mol. The van der Waals surface area contributed by atoms with Crippen LogP contribution in [0.15, 0.2) is 48.5 Å². The number of rotatable bonds is 9. The van der Waals surface area contributed by atoms with Gasteiger partial charge in [-0.05, 0) is 50.2 Å². The van der Waals surface area contributed by atoms with Gasteiger partial charge in [0, 0.05) is 30.0 Å². The normalized spacial score (nSPS) is 10.2. The largest absolute Gasteiger partial charge is 0.491 e. The molecule has 0 spiro atoms. The fraction of sp³-hybridized carbons (Fsp3) is 0.300. The first-order valence-electron chi connectivity index (χ1n) is 8.64. The standard InChI is InChI=1S/C20H24N2O4/c1-3-21-19(23)15-7-5-9-17(13-15)22-20(24)16-8-6-10-18(14-16)26-12-11-25-4-2/h5-10,13-14H,3-4,11-12H2,1-2H3,(H,21,23)(H,22,24). The van der Waals surface area contributed by atoms with Gasteiger partial charge >= 0.3 is 0 Å². The van der Waals surface area contributed by atoms with Crippen molar-refractivity contribution in [3.8, 4) is 5.75 Å². The van der Waals surface area contributed by atoms with Gasteiger partial charge in [0.1, 0.15) is 12.4 Å². The molecule has 0 radical (unpaired) electrons. The molecule has 2 aromatic carbocycles. The van der Waals surface area contributed by atoms with Crippen molar-refractivity contribution in [1.82, 2.24) is 5.32 Å². The summed E-state index contributed by atoms with van der Waals surface area (Å²) in [6, 6.07) is 13.7. The van der Waals surface area contributed by atoms with Crippen LogP contribution in [0.3, 0.4) is 0 Å². The predicted octanol–water partition coefficient (Wildman–Crippen LogP) is 3.10. The average molecular weight is 356 g/mol. The van der Waals surface area contributed by atoms with E-state index in [0.717, 1.165) is 0 Å². The van der Waals surface area contributed by atoms with Crippen LogP contribution in [0, 0.1) is 0 Å². The zero-order valence-corrected chi connectivity index (χ0v) is 15.1. The maximum atomic E-state index is 12.5. The lowest BCUT2D eigenvalue weighted by molar-refractivity contribution is 0.0954. The van der Waals surface area contributed by atoms with E-state index in [1.165, 1.54) is 0 Å². The van der Waals surface area contributed by atoms with Crippen LogP contribution in [0.2, 0.25) is 0 Å². The fourth-order valence-corrected chi connectivity index (χ4v) is 2.29. The molecular formula is C20H24N2O4. The first-order valence-corrected chi connectivity index (χ1v) is 8.64. The molecule has 0 fully saturated rings. The van der Waals surface area contributed by atoms with Crippen molar-refractivity contribution < 1.29 is 19.1 Å². The SMILES string of the molecule is CCNC(=O)c1cccc(NC(=O)c2cccc(OCCOCC)c2)c1. The Bertz CT molecular complexity index is 746. The lowest BCUT2D eigenvalue weighted by Gasteiger charge is -2.10. The minimum Gasteiger partial charge on any atom is -0.491 e. The lowest BCUT2D eigenvalue weighted by atomic mass is 10.1. The molecule has 0 unspecified atom stereocenters. The number of hydrogen-bond acceptors (Lipinski definition) is 4. The van der Waals surface area contributed by atoms with E-state index in [1.807, 2.05) is 13.8 Å². The molecule has 0 bridgehead atoms. The Morgan fingerprint density at radius 2 is 1.65 bits per heavy atom. The van der Waals surface area contributed by atoms with Crippen LogP contribution in [0.1, 0.15) is 34.6 Å². The van der Waals surface area contributed by atoms with Gasteiger partial charge in [-0.2, -0.15) is 0 Å². The van der Waals surface area contributed by atoms with E-state index >= 15 is 0 Å². The van der Waals surface area contributed by atoms with Crippen LogP contribution < -0.4 is 15.4 Å². The summed E-state index contributed by atoms with van der Waals surface area (Å²) < 4.78 is 10.8. The number of ether oxygens (including phenoxy) is 2. The number of carbonyl (C=O) groups is 2. The van der Waals surface area contributed by atoms with E-state index in [-0.39, 0.29) is 11.8 Å². The molecule has 138 valence electrons.